The molecule has 27 heavy (non-hydrogen) atoms. The normalized spacial score (nSPS) is 14.9. The second-order valence-corrected chi connectivity index (χ2v) is 5.68. The standard InChI is InChI=1S/C17H13F6NO2.ClH/c18-16(19,20)12-4-1-10(2-5-12)11-3-6-14(25-13-8-24-9-13)15(7-11)26-17(21,22)23;/h1-7,13,24H,8-9H2;1H. The van der Waals surface area contributed by atoms with Gasteiger partial charge in [-0.15, -0.1) is 25.6 Å². The van der Waals surface area contributed by atoms with Crippen molar-refractivity contribution in [1.29, 1.82) is 0 Å². The SMILES string of the molecule is Cl.FC(F)(F)Oc1cc(-c2ccc(C(F)(F)F)cc2)ccc1OC1CNC1. The lowest BCUT2D eigenvalue weighted by Crippen LogP contribution is -2.50. The van der Waals surface area contributed by atoms with Gasteiger partial charge in [-0.3, -0.25) is 0 Å². The van der Waals surface area contributed by atoms with E-state index in [-0.39, 0.29) is 29.8 Å². The largest absolute Gasteiger partial charge is 0.573 e. The van der Waals surface area contributed by atoms with Gasteiger partial charge in [0, 0.05) is 13.1 Å². The number of hydrogen-bond acceptors (Lipinski definition) is 3. The lowest BCUT2D eigenvalue weighted by molar-refractivity contribution is -0.275. The van der Waals surface area contributed by atoms with Crippen LogP contribution in [-0.4, -0.2) is 25.6 Å². The number of ether oxygens (including phenoxy) is 2. The molecule has 0 aliphatic carbocycles. The van der Waals surface area contributed by atoms with Crippen molar-refractivity contribution < 1.29 is 35.8 Å². The minimum Gasteiger partial charge on any atom is -0.484 e. The summed E-state index contributed by atoms with van der Waals surface area (Å²) in [5.74, 6) is -0.619. The lowest BCUT2D eigenvalue weighted by atomic mass is 10.0. The van der Waals surface area contributed by atoms with Crippen LogP contribution in [0.5, 0.6) is 11.5 Å². The molecule has 0 radical (unpaired) electrons. The highest BCUT2D eigenvalue weighted by Crippen LogP contribution is 2.38. The molecule has 0 atom stereocenters. The van der Waals surface area contributed by atoms with E-state index < -0.39 is 23.9 Å². The van der Waals surface area contributed by atoms with Crippen LogP contribution in [0.25, 0.3) is 11.1 Å². The highest BCUT2D eigenvalue weighted by atomic mass is 35.5. The van der Waals surface area contributed by atoms with Gasteiger partial charge in [0.1, 0.15) is 6.10 Å². The molecule has 1 saturated heterocycles. The van der Waals surface area contributed by atoms with Gasteiger partial charge in [-0.05, 0) is 35.4 Å². The van der Waals surface area contributed by atoms with Crippen molar-refractivity contribution in [3.8, 4) is 22.6 Å². The fourth-order valence-corrected chi connectivity index (χ4v) is 2.37. The van der Waals surface area contributed by atoms with Gasteiger partial charge in [0.2, 0.25) is 0 Å². The third kappa shape index (κ3) is 5.43. The number of halogens is 7. The molecular weight excluding hydrogens is 400 g/mol. The van der Waals surface area contributed by atoms with Gasteiger partial charge in [0.25, 0.3) is 0 Å². The molecule has 1 fully saturated rings. The predicted molar refractivity (Wildman–Crippen MR) is 88.1 cm³/mol. The minimum absolute atomic E-state index is 0. The molecule has 2 aromatic carbocycles. The zero-order valence-electron chi connectivity index (χ0n) is 13.5. The minimum atomic E-state index is -4.92. The van der Waals surface area contributed by atoms with E-state index >= 15 is 0 Å². The van der Waals surface area contributed by atoms with Crippen molar-refractivity contribution in [2.75, 3.05) is 13.1 Å². The molecule has 3 nitrogen and oxygen atoms in total. The summed E-state index contributed by atoms with van der Waals surface area (Å²) in [5.41, 5.74) is -0.246. The smallest absolute Gasteiger partial charge is 0.484 e. The molecule has 1 aliphatic heterocycles. The predicted octanol–water partition coefficient (Wildman–Crippen LogP) is 5.04. The molecule has 1 heterocycles. The quantitative estimate of drug-likeness (QED) is 0.712. The van der Waals surface area contributed by atoms with E-state index in [0.717, 1.165) is 18.2 Å². The van der Waals surface area contributed by atoms with Crippen molar-refractivity contribution >= 4 is 12.4 Å². The van der Waals surface area contributed by atoms with E-state index in [1.54, 1.807) is 0 Å². The lowest BCUT2D eigenvalue weighted by Gasteiger charge is -2.28. The zero-order valence-corrected chi connectivity index (χ0v) is 14.3. The Morgan fingerprint density at radius 1 is 0.815 bits per heavy atom. The maximum atomic E-state index is 12.7. The summed E-state index contributed by atoms with van der Waals surface area (Å²) in [4.78, 5) is 0. The van der Waals surface area contributed by atoms with Crippen LogP contribution in [0.2, 0.25) is 0 Å². The van der Waals surface area contributed by atoms with Crippen LogP contribution in [0.3, 0.4) is 0 Å². The third-order valence-corrected chi connectivity index (χ3v) is 3.75. The summed E-state index contributed by atoms with van der Waals surface area (Å²) in [5, 5.41) is 2.92. The van der Waals surface area contributed by atoms with Gasteiger partial charge in [-0.1, -0.05) is 18.2 Å². The summed E-state index contributed by atoms with van der Waals surface area (Å²) in [6.45, 7) is 1.01. The summed E-state index contributed by atoms with van der Waals surface area (Å²) in [7, 11) is 0. The summed E-state index contributed by atoms with van der Waals surface area (Å²) in [6, 6.07) is 7.98. The molecule has 0 bridgehead atoms. The van der Waals surface area contributed by atoms with Gasteiger partial charge < -0.3 is 14.8 Å². The zero-order chi connectivity index (χ0) is 18.9. The topological polar surface area (TPSA) is 30.5 Å². The summed E-state index contributed by atoms with van der Waals surface area (Å²) in [6.07, 6.45) is -9.67. The number of alkyl halides is 6. The van der Waals surface area contributed by atoms with Crippen LogP contribution in [0.4, 0.5) is 26.3 Å². The van der Waals surface area contributed by atoms with E-state index in [2.05, 4.69) is 10.1 Å². The Kier molecular flexibility index (Phi) is 6.16. The van der Waals surface area contributed by atoms with Crippen molar-refractivity contribution in [1.82, 2.24) is 5.32 Å². The highest BCUT2D eigenvalue weighted by molar-refractivity contribution is 5.85. The van der Waals surface area contributed by atoms with Crippen molar-refractivity contribution in [2.24, 2.45) is 0 Å². The first-order chi connectivity index (χ1) is 12.1. The van der Waals surface area contributed by atoms with Gasteiger partial charge in [-0.25, -0.2) is 0 Å². The Bertz CT molecular complexity index is 772. The fourth-order valence-electron chi connectivity index (χ4n) is 2.37. The number of benzene rings is 2. The molecule has 0 spiro atoms. The van der Waals surface area contributed by atoms with Crippen LogP contribution >= 0.6 is 12.4 Å². The molecular formula is C17H14ClF6NO2. The molecule has 0 aromatic heterocycles. The highest BCUT2D eigenvalue weighted by Gasteiger charge is 2.33. The average molecular weight is 414 g/mol. The van der Waals surface area contributed by atoms with Crippen molar-refractivity contribution in [3.05, 3.63) is 48.0 Å². The van der Waals surface area contributed by atoms with Crippen LogP contribution in [0.1, 0.15) is 5.56 Å². The van der Waals surface area contributed by atoms with Gasteiger partial charge in [-0.2, -0.15) is 13.2 Å². The van der Waals surface area contributed by atoms with Crippen LogP contribution in [0.15, 0.2) is 42.5 Å². The van der Waals surface area contributed by atoms with E-state index in [4.69, 9.17) is 4.74 Å². The van der Waals surface area contributed by atoms with Gasteiger partial charge in [0.05, 0.1) is 5.56 Å². The number of nitrogens with one attached hydrogen (secondary N) is 1. The Morgan fingerprint density at radius 2 is 1.41 bits per heavy atom. The Balaban J connectivity index is 0.00000261. The monoisotopic (exact) mass is 413 g/mol. The fraction of sp³-hybridized carbons (Fsp3) is 0.294. The molecule has 1 aliphatic rings. The Morgan fingerprint density at radius 3 is 1.89 bits per heavy atom. The van der Waals surface area contributed by atoms with E-state index in [1.165, 1.54) is 24.3 Å². The van der Waals surface area contributed by atoms with E-state index in [9.17, 15) is 26.3 Å². The summed E-state index contributed by atoms with van der Waals surface area (Å²) >= 11 is 0. The Hall–Kier alpha value is -2.13. The van der Waals surface area contributed by atoms with Crippen LogP contribution in [0, 0.1) is 0 Å². The van der Waals surface area contributed by atoms with Crippen LogP contribution < -0.4 is 14.8 Å². The Labute approximate surface area is 156 Å². The van der Waals surface area contributed by atoms with Gasteiger partial charge in [0.15, 0.2) is 11.5 Å². The second-order valence-electron chi connectivity index (χ2n) is 5.68. The van der Waals surface area contributed by atoms with E-state index in [1.807, 2.05) is 0 Å². The molecule has 0 unspecified atom stereocenters. The number of hydrogen-bond donors (Lipinski definition) is 1. The van der Waals surface area contributed by atoms with Crippen molar-refractivity contribution in [2.45, 2.75) is 18.6 Å². The third-order valence-electron chi connectivity index (χ3n) is 3.75. The maximum Gasteiger partial charge on any atom is 0.573 e. The molecule has 2 aromatic rings. The molecule has 0 saturated carbocycles. The molecule has 3 rings (SSSR count). The molecule has 1 N–H and O–H groups in total. The number of rotatable bonds is 4. The average Bonchev–Trinajstić information content (AvgIpc) is 2.49. The maximum absolute atomic E-state index is 12.7. The molecule has 148 valence electrons. The first-order valence-electron chi connectivity index (χ1n) is 7.56. The van der Waals surface area contributed by atoms with Gasteiger partial charge >= 0.3 is 12.5 Å². The van der Waals surface area contributed by atoms with E-state index in [0.29, 0.717) is 18.7 Å². The van der Waals surface area contributed by atoms with Crippen LogP contribution in [-0.2, 0) is 6.18 Å². The molecule has 0 amide bonds. The first-order valence-corrected chi connectivity index (χ1v) is 7.56. The first kappa shape index (κ1) is 21.2. The second kappa shape index (κ2) is 7.85. The van der Waals surface area contributed by atoms with Crippen molar-refractivity contribution in [3.63, 3.8) is 0 Å². The molecule has 10 heteroatoms. The summed E-state index contributed by atoms with van der Waals surface area (Å²) < 4.78 is 85.3.